The lowest BCUT2D eigenvalue weighted by atomic mass is 9.74. The topological polar surface area (TPSA) is 284 Å². The number of hydrogen-bond acceptors (Lipinski definition) is 15. The van der Waals surface area contributed by atoms with Crippen molar-refractivity contribution in [2.24, 2.45) is 27.5 Å². The summed E-state index contributed by atoms with van der Waals surface area (Å²) in [6.45, 7) is 3.58. The minimum Gasteiger partial charge on any atom is -0.489 e. The van der Waals surface area contributed by atoms with Crippen LogP contribution in [0.1, 0.15) is 39.0 Å². The fourth-order valence-electron chi connectivity index (χ4n) is 4.52. The summed E-state index contributed by atoms with van der Waals surface area (Å²) < 4.78 is 41.0. The third-order valence-electron chi connectivity index (χ3n) is 7.09. The Balaban J connectivity index is 0.00000384. The van der Waals surface area contributed by atoms with Gasteiger partial charge in [0.1, 0.15) is 23.9 Å². The van der Waals surface area contributed by atoms with Gasteiger partial charge in [-0.3, -0.25) is 19.1 Å². The molecule has 0 spiro atoms. The summed E-state index contributed by atoms with van der Waals surface area (Å²) in [4.78, 5) is 51.4. The Hall–Kier alpha value is -3.51. The van der Waals surface area contributed by atoms with Crippen molar-refractivity contribution in [1.29, 1.82) is 0 Å². The summed E-state index contributed by atoms with van der Waals surface area (Å²) >= 11 is 0.976. The van der Waals surface area contributed by atoms with Crippen LogP contribution >= 0.6 is 38.3 Å². The van der Waals surface area contributed by atoms with Gasteiger partial charge in [0, 0.05) is 36.5 Å². The lowest BCUT2D eigenvalue weighted by Crippen LogP contribution is -2.68. The van der Waals surface area contributed by atoms with Crippen LogP contribution < -0.4 is 27.3 Å². The van der Waals surface area contributed by atoms with Crippen molar-refractivity contribution in [3.8, 4) is 5.75 Å². The molecule has 48 heavy (non-hydrogen) atoms. The van der Waals surface area contributed by atoms with Gasteiger partial charge in [0.15, 0.2) is 16.6 Å². The summed E-state index contributed by atoms with van der Waals surface area (Å²) in [7, 11) is -4.99. The number of carboxylic acids is 1. The lowest BCUT2D eigenvalue weighted by Gasteiger charge is -2.50. The number of thiazole rings is 1. The molecule has 22 heteroatoms. The number of β-lactam (4-membered cyclic amide) rings is 1. The number of Topliss-reactive ketones (excluding diaryl/α,β-unsaturated/α-hetero) is 1. The maximum Gasteiger partial charge on any atom is 0.418 e. The smallest absolute Gasteiger partial charge is 0.418 e. The number of carbonyl (C=O) groups is 3. The summed E-state index contributed by atoms with van der Waals surface area (Å²) in [5.41, 5.74) is 16.6. The SMILES string of the molecule is C.CC1(C)C(CC(=O)/C(=N\O[C@@H](COc2ccc(C(N)=NC3CNCC3N)cc2)C(=O)O)c2csc(N)n2)C(=O)N1OS(=O)(=O)O.S.S. The quantitative estimate of drug-likeness (QED) is 0.0478. The number of nitrogen functional groups attached to an aromatic ring is 1. The van der Waals surface area contributed by atoms with Gasteiger partial charge in [0.2, 0.25) is 0 Å². The van der Waals surface area contributed by atoms with Crippen molar-refractivity contribution in [3.05, 3.63) is 40.9 Å². The zero-order valence-electron chi connectivity index (χ0n) is 25.0. The normalized spacial score (nSPS) is 21.1. The molecule has 2 aliphatic rings. The van der Waals surface area contributed by atoms with E-state index in [2.05, 4.69) is 24.7 Å². The largest absolute Gasteiger partial charge is 0.489 e. The van der Waals surface area contributed by atoms with E-state index in [0.29, 0.717) is 23.7 Å². The Kier molecular flexibility index (Phi) is 15.3. The van der Waals surface area contributed by atoms with Crippen LogP contribution in [0.5, 0.6) is 5.75 Å². The number of aromatic nitrogens is 1. The molecule has 0 radical (unpaired) electrons. The number of nitrogens with one attached hydrogen (secondary N) is 1. The average molecular weight is 753 g/mol. The second-order valence-corrected chi connectivity index (χ2v) is 12.5. The van der Waals surface area contributed by atoms with E-state index in [0.717, 1.165) is 11.3 Å². The van der Waals surface area contributed by atoms with E-state index in [1.165, 1.54) is 19.2 Å². The van der Waals surface area contributed by atoms with E-state index in [1.807, 2.05) is 0 Å². The zero-order valence-corrected chi connectivity index (χ0v) is 28.7. The van der Waals surface area contributed by atoms with Crippen LogP contribution in [0.4, 0.5) is 5.13 Å². The van der Waals surface area contributed by atoms with Crippen LogP contribution in [0.3, 0.4) is 0 Å². The number of amidine groups is 1. The summed E-state index contributed by atoms with van der Waals surface area (Å²) in [5.74, 6) is -3.63. The summed E-state index contributed by atoms with van der Waals surface area (Å²) in [6, 6.07) is 6.12. The fraction of sp³-hybridized carbons (Fsp3) is 0.462. The number of carboxylic acid groups (broad SMARTS) is 1. The van der Waals surface area contributed by atoms with E-state index in [1.54, 1.807) is 24.3 Å². The number of ketones is 1. The molecule has 3 unspecified atom stereocenters. The highest BCUT2D eigenvalue weighted by Crippen LogP contribution is 2.40. The maximum atomic E-state index is 13.3. The number of aliphatic carboxylic acids is 1. The van der Waals surface area contributed by atoms with Crippen LogP contribution in [-0.2, 0) is 33.9 Å². The van der Waals surface area contributed by atoms with E-state index in [-0.39, 0.29) is 68.9 Å². The number of hydroxylamine groups is 2. The highest BCUT2D eigenvalue weighted by atomic mass is 32.3. The lowest BCUT2D eigenvalue weighted by molar-refractivity contribution is -0.228. The number of carbonyl (C=O) groups excluding carboxylic acids is 2. The third-order valence-corrected chi connectivity index (χ3v) is 8.10. The Morgan fingerprint density at radius 1 is 1.23 bits per heavy atom. The Morgan fingerprint density at radius 3 is 2.38 bits per heavy atom. The van der Waals surface area contributed by atoms with Crippen LogP contribution in [0.25, 0.3) is 0 Å². The van der Waals surface area contributed by atoms with Gasteiger partial charge in [0.05, 0.1) is 17.5 Å². The second-order valence-electron chi connectivity index (χ2n) is 10.7. The number of rotatable bonds is 14. The molecule has 0 saturated carbocycles. The molecule has 1 amide bonds. The third kappa shape index (κ3) is 10.2. The minimum atomic E-state index is -4.99. The van der Waals surface area contributed by atoms with Gasteiger partial charge in [-0.05, 0) is 38.1 Å². The number of nitrogens with zero attached hydrogens (tertiary/aromatic N) is 4. The first-order valence-corrected chi connectivity index (χ1v) is 15.6. The molecule has 0 aliphatic carbocycles. The minimum absolute atomic E-state index is 0. The van der Waals surface area contributed by atoms with Gasteiger partial charge in [-0.2, -0.15) is 40.5 Å². The Bertz CT molecular complexity index is 1620. The predicted molar refractivity (Wildman–Crippen MR) is 187 cm³/mol. The molecule has 3 heterocycles. The first-order chi connectivity index (χ1) is 21.1. The molecule has 1 aromatic heterocycles. The van der Waals surface area contributed by atoms with Crippen molar-refractivity contribution in [2.45, 2.75) is 51.4 Å². The highest BCUT2D eigenvalue weighted by Gasteiger charge is 2.57. The number of anilines is 1. The molecule has 9 N–H and O–H groups in total. The van der Waals surface area contributed by atoms with Gasteiger partial charge in [-0.25, -0.2) is 9.78 Å². The second kappa shape index (κ2) is 17.2. The van der Waals surface area contributed by atoms with Crippen molar-refractivity contribution < 1.29 is 46.3 Å². The number of benzene rings is 1. The van der Waals surface area contributed by atoms with Gasteiger partial charge >= 0.3 is 16.4 Å². The predicted octanol–water partition coefficient (Wildman–Crippen LogP) is -0.225. The van der Waals surface area contributed by atoms with E-state index in [4.69, 9.17) is 31.3 Å². The van der Waals surface area contributed by atoms with Gasteiger partial charge in [-0.15, -0.1) is 15.6 Å². The highest BCUT2D eigenvalue weighted by molar-refractivity contribution is 7.80. The van der Waals surface area contributed by atoms with Crippen LogP contribution in [0.2, 0.25) is 0 Å². The maximum absolute atomic E-state index is 13.3. The van der Waals surface area contributed by atoms with Crippen molar-refractivity contribution >= 4 is 83.1 Å². The van der Waals surface area contributed by atoms with Gasteiger partial charge < -0.3 is 37.2 Å². The number of aliphatic imine (C=N–C) groups is 1. The van der Waals surface area contributed by atoms with Crippen LogP contribution in [0.15, 0.2) is 39.8 Å². The molecular weight excluding hydrogens is 713 g/mol. The molecule has 0 bridgehead atoms. The molecule has 18 nitrogen and oxygen atoms in total. The molecule has 4 rings (SSSR count). The van der Waals surface area contributed by atoms with E-state index in [9.17, 15) is 27.9 Å². The zero-order chi connectivity index (χ0) is 33.1. The van der Waals surface area contributed by atoms with Gasteiger partial charge in [0.25, 0.3) is 12.0 Å². The standard InChI is InChI=1S/C25H32N8O10S2.CH4.2H2S/c1-25(2)14(22(35)33(25)43-45(38,39)40)7-18(34)20(17-11-44-24(28)31-17)32-42-19(23(36)37)10-41-13-5-3-12(4-6-13)21(27)30-16-9-29-8-15(16)26;;;/h3-6,11,14-16,19,29H,7-10,26H2,1-2H3,(H2,27,30)(H2,28,31)(H,36,37)(H,38,39,40);1H4;2*1H2/b32-20-;;;/t14?,15?,16?,19-;;;/m0.../s1. The van der Waals surface area contributed by atoms with Gasteiger partial charge in [-0.1, -0.05) is 12.6 Å². The Morgan fingerprint density at radius 2 is 1.88 bits per heavy atom. The van der Waals surface area contributed by atoms with Crippen molar-refractivity contribution in [1.82, 2.24) is 15.4 Å². The summed E-state index contributed by atoms with van der Waals surface area (Å²) in [5, 5.41) is 18.5. The monoisotopic (exact) mass is 752 g/mol. The number of oxime groups is 1. The molecule has 2 aliphatic heterocycles. The molecule has 4 atom stereocenters. The molecule has 2 fully saturated rings. The Labute approximate surface area is 294 Å². The van der Waals surface area contributed by atoms with Crippen LogP contribution in [0, 0.1) is 5.92 Å². The molecule has 268 valence electrons. The first kappa shape index (κ1) is 42.5. The number of hydrogen-bond donors (Lipinski definition) is 6. The van der Waals surface area contributed by atoms with E-state index < -0.39 is 64.4 Å². The molecule has 1 aromatic carbocycles. The number of nitrogens with two attached hydrogens (primary N) is 3. The molecular formula is C26H40N8O10S4. The first-order valence-electron chi connectivity index (χ1n) is 13.3. The van der Waals surface area contributed by atoms with Crippen molar-refractivity contribution in [2.75, 3.05) is 25.4 Å². The summed E-state index contributed by atoms with van der Waals surface area (Å²) in [6.07, 6.45) is -2.18. The number of amides is 1. The fourth-order valence-corrected chi connectivity index (χ4v) is 5.52. The van der Waals surface area contributed by atoms with E-state index >= 15 is 0 Å². The van der Waals surface area contributed by atoms with Crippen molar-refractivity contribution in [3.63, 3.8) is 0 Å². The molecule has 2 saturated heterocycles. The average Bonchev–Trinajstić information content (AvgIpc) is 3.58. The van der Waals surface area contributed by atoms with Crippen LogP contribution in [-0.4, -0.2) is 101 Å². The molecule has 2 aromatic rings. The number of ether oxygens (including phenoxy) is 1.